The van der Waals surface area contributed by atoms with Crippen LogP contribution in [-0.4, -0.2) is 13.0 Å². The van der Waals surface area contributed by atoms with Gasteiger partial charge in [0, 0.05) is 5.56 Å². The zero-order chi connectivity index (χ0) is 20.5. The van der Waals surface area contributed by atoms with Gasteiger partial charge in [0.2, 0.25) is 5.91 Å². The third kappa shape index (κ3) is 3.67. The van der Waals surface area contributed by atoms with Crippen molar-refractivity contribution in [2.45, 2.75) is 25.9 Å². The van der Waals surface area contributed by atoms with Crippen LogP contribution in [0.2, 0.25) is 0 Å². The standard InChI is InChI=1S/C22H20F3NO2/c1-3-15-17(11-13-6-4-7-14(10-13)22(23,24)25)16-8-5-9-19(28-2)21(16)18(15)12-20(26)27/h4-11H,3,12H2,1-2H3,(H2,26,27)/b17-11-. The predicted octanol–water partition coefficient (Wildman–Crippen LogP) is 5.31. The van der Waals surface area contributed by atoms with Gasteiger partial charge in [-0.25, -0.2) is 0 Å². The minimum Gasteiger partial charge on any atom is -0.496 e. The lowest BCUT2D eigenvalue weighted by Gasteiger charge is -2.10. The summed E-state index contributed by atoms with van der Waals surface area (Å²) in [4.78, 5) is 11.6. The van der Waals surface area contributed by atoms with Crippen LogP contribution in [0.4, 0.5) is 13.2 Å². The highest BCUT2D eigenvalue weighted by Crippen LogP contribution is 2.48. The molecule has 0 atom stereocenters. The van der Waals surface area contributed by atoms with Crippen LogP contribution >= 0.6 is 0 Å². The highest BCUT2D eigenvalue weighted by molar-refractivity contribution is 6.09. The van der Waals surface area contributed by atoms with E-state index in [1.807, 2.05) is 19.1 Å². The molecule has 0 aliphatic heterocycles. The van der Waals surface area contributed by atoms with Gasteiger partial charge in [0.25, 0.3) is 0 Å². The van der Waals surface area contributed by atoms with Gasteiger partial charge in [-0.3, -0.25) is 4.79 Å². The van der Waals surface area contributed by atoms with Gasteiger partial charge in [-0.2, -0.15) is 13.2 Å². The molecule has 0 unspecified atom stereocenters. The molecular formula is C22H20F3NO2. The molecule has 0 fully saturated rings. The van der Waals surface area contributed by atoms with Gasteiger partial charge in [0.15, 0.2) is 0 Å². The van der Waals surface area contributed by atoms with Gasteiger partial charge < -0.3 is 10.5 Å². The Morgan fingerprint density at radius 2 is 1.86 bits per heavy atom. The first-order valence-corrected chi connectivity index (χ1v) is 8.83. The number of hydrogen-bond donors (Lipinski definition) is 1. The van der Waals surface area contributed by atoms with Crippen molar-refractivity contribution in [3.05, 3.63) is 70.3 Å². The molecule has 0 saturated carbocycles. The van der Waals surface area contributed by atoms with Crippen molar-refractivity contribution in [3.63, 3.8) is 0 Å². The zero-order valence-electron chi connectivity index (χ0n) is 15.6. The number of fused-ring (bicyclic) bond motifs is 1. The Hall–Kier alpha value is -3.02. The Bertz CT molecular complexity index is 988. The van der Waals surface area contributed by atoms with Gasteiger partial charge >= 0.3 is 6.18 Å². The number of allylic oxidation sites excluding steroid dienone is 2. The Balaban J connectivity index is 2.22. The van der Waals surface area contributed by atoms with E-state index in [4.69, 9.17) is 10.5 Å². The third-order valence-corrected chi connectivity index (χ3v) is 4.76. The van der Waals surface area contributed by atoms with E-state index in [-0.39, 0.29) is 6.42 Å². The number of carbonyl (C=O) groups excluding carboxylic acids is 1. The molecule has 1 amide bonds. The van der Waals surface area contributed by atoms with E-state index in [0.717, 1.165) is 40.0 Å². The lowest BCUT2D eigenvalue weighted by atomic mass is 9.97. The second kappa shape index (κ2) is 7.54. The highest BCUT2D eigenvalue weighted by atomic mass is 19.4. The zero-order valence-corrected chi connectivity index (χ0v) is 15.6. The van der Waals surface area contributed by atoms with E-state index in [1.165, 1.54) is 13.2 Å². The Morgan fingerprint density at radius 3 is 2.46 bits per heavy atom. The summed E-state index contributed by atoms with van der Waals surface area (Å²) in [6, 6.07) is 10.7. The van der Waals surface area contributed by atoms with Crippen molar-refractivity contribution in [1.82, 2.24) is 0 Å². The predicted molar refractivity (Wildman–Crippen MR) is 103 cm³/mol. The number of hydrogen-bond acceptors (Lipinski definition) is 2. The fourth-order valence-electron chi connectivity index (χ4n) is 3.62. The van der Waals surface area contributed by atoms with E-state index < -0.39 is 17.6 Å². The van der Waals surface area contributed by atoms with Crippen molar-refractivity contribution < 1.29 is 22.7 Å². The second-order valence-corrected chi connectivity index (χ2v) is 6.52. The maximum atomic E-state index is 13.1. The van der Waals surface area contributed by atoms with Crippen LogP contribution in [0, 0.1) is 0 Å². The normalized spacial score (nSPS) is 15.1. The molecule has 0 aromatic heterocycles. The quantitative estimate of drug-likeness (QED) is 0.756. The largest absolute Gasteiger partial charge is 0.496 e. The van der Waals surface area contributed by atoms with Crippen molar-refractivity contribution in [2.75, 3.05) is 7.11 Å². The van der Waals surface area contributed by atoms with Crippen LogP contribution in [0.15, 0.2) is 48.0 Å². The van der Waals surface area contributed by atoms with E-state index in [0.29, 0.717) is 17.7 Å². The number of benzene rings is 2. The molecule has 3 rings (SSSR count). The number of halogens is 3. The Labute approximate surface area is 161 Å². The molecule has 6 heteroatoms. The molecule has 0 heterocycles. The fraction of sp³-hybridized carbons (Fsp3) is 0.227. The summed E-state index contributed by atoms with van der Waals surface area (Å²) in [5, 5.41) is 0. The minimum atomic E-state index is -4.41. The summed E-state index contributed by atoms with van der Waals surface area (Å²) in [7, 11) is 1.54. The van der Waals surface area contributed by atoms with Crippen molar-refractivity contribution in [1.29, 1.82) is 0 Å². The number of ether oxygens (including phenoxy) is 1. The molecule has 146 valence electrons. The molecule has 1 aliphatic rings. The van der Waals surface area contributed by atoms with Gasteiger partial charge in [0.05, 0.1) is 19.1 Å². The van der Waals surface area contributed by atoms with Gasteiger partial charge in [0.1, 0.15) is 5.75 Å². The third-order valence-electron chi connectivity index (χ3n) is 4.76. The highest BCUT2D eigenvalue weighted by Gasteiger charge is 2.31. The van der Waals surface area contributed by atoms with Crippen LogP contribution in [0.25, 0.3) is 17.2 Å². The van der Waals surface area contributed by atoms with Crippen LogP contribution in [0.3, 0.4) is 0 Å². The maximum Gasteiger partial charge on any atom is 0.416 e. The van der Waals surface area contributed by atoms with E-state index in [1.54, 1.807) is 18.2 Å². The van der Waals surface area contributed by atoms with Crippen LogP contribution in [0.5, 0.6) is 5.75 Å². The number of amides is 1. The molecule has 0 bridgehead atoms. The van der Waals surface area contributed by atoms with Gasteiger partial charge in [-0.05, 0) is 58.5 Å². The molecule has 28 heavy (non-hydrogen) atoms. The average Bonchev–Trinajstić information content (AvgIpc) is 2.93. The number of nitrogens with two attached hydrogens (primary N) is 1. The topological polar surface area (TPSA) is 52.3 Å². The van der Waals surface area contributed by atoms with E-state index >= 15 is 0 Å². The molecule has 3 nitrogen and oxygen atoms in total. The number of methoxy groups -OCH3 is 1. The van der Waals surface area contributed by atoms with E-state index in [2.05, 4.69) is 0 Å². The Kier molecular flexibility index (Phi) is 5.31. The molecule has 2 aromatic rings. The van der Waals surface area contributed by atoms with Gasteiger partial charge in [-0.1, -0.05) is 31.2 Å². The SMILES string of the molecule is CCC1=C(CC(N)=O)c2c(OC)cccc2/C1=C\c1cccc(C(F)(F)F)c1. The van der Waals surface area contributed by atoms with Crippen molar-refractivity contribution >= 4 is 23.1 Å². The van der Waals surface area contributed by atoms with E-state index in [9.17, 15) is 18.0 Å². The molecule has 0 saturated heterocycles. The lowest BCUT2D eigenvalue weighted by Crippen LogP contribution is -2.11. The second-order valence-electron chi connectivity index (χ2n) is 6.52. The molecule has 1 aliphatic carbocycles. The summed E-state index contributed by atoms with van der Waals surface area (Å²) < 4.78 is 44.7. The number of rotatable bonds is 5. The van der Waals surface area contributed by atoms with Crippen molar-refractivity contribution in [3.8, 4) is 5.75 Å². The first kappa shape index (κ1) is 19.7. The first-order chi connectivity index (χ1) is 13.3. The van der Waals surface area contributed by atoms with Crippen LogP contribution in [-0.2, 0) is 11.0 Å². The molecule has 2 aromatic carbocycles. The van der Waals surface area contributed by atoms with Crippen LogP contribution in [0.1, 0.15) is 42.0 Å². The molecule has 0 spiro atoms. The number of primary amides is 1. The van der Waals surface area contributed by atoms with Gasteiger partial charge in [-0.15, -0.1) is 0 Å². The monoisotopic (exact) mass is 387 g/mol. The summed E-state index contributed by atoms with van der Waals surface area (Å²) in [5.41, 5.74) is 9.21. The molecule has 2 N–H and O–H groups in total. The Morgan fingerprint density at radius 1 is 1.14 bits per heavy atom. The van der Waals surface area contributed by atoms with Crippen LogP contribution < -0.4 is 10.5 Å². The summed E-state index contributed by atoms with van der Waals surface area (Å²) in [5.74, 6) is 0.130. The molecule has 0 radical (unpaired) electrons. The lowest BCUT2D eigenvalue weighted by molar-refractivity contribution is -0.137. The number of carbonyl (C=O) groups is 1. The molecular weight excluding hydrogens is 367 g/mol. The smallest absolute Gasteiger partial charge is 0.416 e. The number of alkyl halides is 3. The minimum absolute atomic E-state index is 0.0382. The average molecular weight is 387 g/mol. The fourth-order valence-corrected chi connectivity index (χ4v) is 3.62. The first-order valence-electron chi connectivity index (χ1n) is 8.83. The summed E-state index contributed by atoms with van der Waals surface area (Å²) >= 11 is 0. The van der Waals surface area contributed by atoms with Crippen molar-refractivity contribution in [2.24, 2.45) is 5.73 Å². The maximum absolute atomic E-state index is 13.1. The summed E-state index contributed by atoms with van der Waals surface area (Å²) in [6.07, 6.45) is -2.05. The summed E-state index contributed by atoms with van der Waals surface area (Å²) in [6.45, 7) is 1.94.